The third-order valence-corrected chi connectivity index (χ3v) is 3.10. The summed E-state index contributed by atoms with van der Waals surface area (Å²) in [6.45, 7) is -0.579. The Morgan fingerprint density at radius 3 is 2.58 bits per heavy atom. The van der Waals surface area contributed by atoms with Gasteiger partial charge in [-0.1, -0.05) is 18.2 Å². The van der Waals surface area contributed by atoms with Crippen molar-refractivity contribution in [2.45, 2.75) is 6.42 Å². The molecule has 0 spiro atoms. The average Bonchev–Trinajstić information content (AvgIpc) is 2.56. The van der Waals surface area contributed by atoms with Gasteiger partial charge in [0.15, 0.2) is 6.61 Å². The van der Waals surface area contributed by atoms with Crippen LogP contribution in [-0.4, -0.2) is 25.6 Å². The molecule has 0 aliphatic rings. The van der Waals surface area contributed by atoms with Crippen molar-refractivity contribution in [1.82, 2.24) is 0 Å². The molecule has 2 rings (SSSR count). The third kappa shape index (κ3) is 4.77. The highest BCUT2D eigenvalue weighted by Gasteiger charge is 2.13. The molecule has 126 valence electrons. The SMILES string of the molecule is COc1ccccc1CC(=O)OCC(=O)Nc1ccc(F)cc1F. The molecule has 0 saturated carbocycles. The van der Waals surface area contributed by atoms with Crippen molar-refractivity contribution in [2.75, 3.05) is 19.0 Å². The lowest BCUT2D eigenvalue weighted by Crippen LogP contribution is -2.22. The zero-order valence-electron chi connectivity index (χ0n) is 12.8. The second-order valence-electron chi connectivity index (χ2n) is 4.82. The number of carbonyl (C=O) groups is 2. The number of halogens is 2. The number of carbonyl (C=O) groups excluding carboxylic acids is 2. The number of methoxy groups -OCH3 is 1. The van der Waals surface area contributed by atoms with Crippen LogP contribution in [0.1, 0.15) is 5.56 Å². The molecule has 7 heteroatoms. The van der Waals surface area contributed by atoms with Gasteiger partial charge in [-0.3, -0.25) is 9.59 Å². The molecule has 0 atom stereocenters. The van der Waals surface area contributed by atoms with E-state index >= 15 is 0 Å². The molecule has 2 aromatic carbocycles. The molecule has 0 aliphatic heterocycles. The van der Waals surface area contributed by atoms with Crippen LogP contribution in [0.15, 0.2) is 42.5 Å². The first kappa shape index (κ1) is 17.4. The maximum absolute atomic E-state index is 13.4. The van der Waals surface area contributed by atoms with Crippen LogP contribution in [0.25, 0.3) is 0 Å². The zero-order valence-corrected chi connectivity index (χ0v) is 12.8. The van der Waals surface area contributed by atoms with Gasteiger partial charge >= 0.3 is 5.97 Å². The normalized spacial score (nSPS) is 10.1. The number of esters is 1. The van der Waals surface area contributed by atoms with Crippen molar-refractivity contribution in [3.8, 4) is 5.75 Å². The number of nitrogens with one attached hydrogen (secondary N) is 1. The molecular weight excluding hydrogens is 320 g/mol. The number of rotatable bonds is 6. The van der Waals surface area contributed by atoms with Crippen LogP contribution < -0.4 is 10.1 Å². The summed E-state index contributed by atoms with van der Waals surface area (Å²) >= 11 is 0. The molecule has 0 aliphatic carbocycles. The summed E-state index contributed by atoms with van der Waals surface area (Å²) in [5, 5.41) is 2.20. The van der Waals surface area contributed by atoms with E-state index in [1.165, 1.54) is 7.11 Å². The largest absolute Gasteiger partial charge is 0.496 e. The van der Waals surface area contributed by atoms with Gasteiger partial charge in [0.2, 0.25) is 0 Å². The number of anilines is 1. The molecule has 24 heavy (non-hydrogen) atoms. The van der Waals surface area contributed by atoms with Gasteiger partial charge in [-0.15, -0.1) is 0 Å². The lowest BCUT2D eigenvalue weighted by Gasteiger charge is -2.09. The van der Waals surface area contributed by atoms with E-state index in [1.54, 1.807) is 24.3 Å². The molecule has 1 amide bonds. The van der Waals surface area contributed by atoms with E-state index in [1.807, 2.05) is 0 Å². The maximum atomic E-state index is 13.4. The minimum absolute atomic E-state index is 0.0673. The molecule has 1 N–H and O–H groups in total. The smallest absolute Gasteiger partial charge is 0.310 e. The van der Waals surface area contributed by atoms with Crippen LogP contribution in [0.5, 0.6) is 5.75 Å². The topological polar surface area (TPSA) is 64.6 Å². The van der Waals surface area contributed by atoms with Crippen LogP contribution in [0.4, 0.5) is 14.5 Å². The number of hydrogen-bond donors (Lipinski definition) is 1. The Hall–Kier alpha value is -2.96. The highest BCUT2D eigenvalue weighted by atomic mass is 19.1. The Morgan fingerprint density at radius 2 is 1.88 bits per heavy atom. The number of benzene rings is 2. The van der Waals surface area contributed by atoms with Crippen molar-refractivity contribution in [3.63, 3.8) is 0 Å². The van der Waals surface area contributed by atoms with Crippen LogP contribution in [0, 0.1) is 11.6 Å². The Kier molecular flexibility index (Phi) is 5.83. The Labute approximate surface area is 137 Å². The number of para-hydroxylation sites is 1. The molecule has 0 radical (unpaired) electrons. The lowest BCUT2D eigenvalue weighted by molar-refractivity contribution is -0.146. The molecule has 0 fully saturated rings. The van der Waals surface area contributed by atoms with Gasteiger partial charge in [-0.05, 0) is 18.2 Å². The molecule has 0 heterocycles. The van der Waals surface area contributed by atoms with Crippen LogP contribution >= 0.6 is 0 Å². The molecule has 5 nitrogen and oxygen atoms in total. The van der Waals surface area contributed by atoms with Gasteiger partial charge in [0, 0.05) is 11.6 Å². The van der Waals surface area contributed by atoms with Gasteiger partial charge in [0.25, 0.3) is 5.91 Å². The summed E-state index contributed by atoms with van der Waals surface area (Å²) in [7, 11) is 1.48. The first-order valence-electron chi connectivity index (χ1n) is 7.02. The van der Waals surface area contributed by atoms with Gasteiger partial charge in [0.05, 0.1) is 19.2 Å². The van der Waals surface area contributed by atoms with Gasteiger partial charge in [0.1, 0.15) is 17.4 Å². The van der Waals surface area contributed by atoms with E-state index in [0.717, 1.165) is 12.1 Å². The minimum atomic E-state index is -0.913. The first-order valence-corrected chi connectivity index (χ1v) is 7.02. The molecule has 0 saturated heterocycles. The minimum Gasteiger partial charge on any atom is -0.496 e. The van der Waals surface area contributed by atoms with Crippen LogP contribution in [0.2, 0.25) is 0 Å². The second kappa shape index (κ2) is 8.05. The van der Waals surface area contributed by atoms with Crippen molar-refractivity contribution in [1.29, 1.82) is 0 Å². The lowest BCUT2D eigenvalue weighted by atomic mass is 10.1. The summed E-state index contributed by atoms with van der Waals surface area (Å²) in [5.74, 6) is -2.49. The quantitative estimate of drug-likeness (QED) is 0.825. The average molecular weight is 335 g/mol. The standard InChI is InChI=1S/C17H15F2NO4/c1-23-15-5-3-2-4-11(15)8-17(22)24-10-16(21)20-14-7-6-12(18)9-13(14)19/h2-7,9H,8,10H2,1H3,(H,20,21). The highest BCUT2D eigenvalue weighted by Crippen LogP contribution is 2.18. The highest BCUT2D eigenvalue weighted by molar-refractivity contribution is 5.93. The number of amides is 1. The van der Waals surface area contributed by atoms with E-state index in [9.17, 15) is 18.4 Å². The van der Waals surface area contributed by atoms with E-state index in [4.69, 9.17) is 9.47 Å². The Morgan fingerprint density at radius 1 is 1.12 bits per heavy atom. The van der Waals surface area contributed by atoms with Crippen molar-refractivity contribution >= 4 is 17.6 Å². The fraction of sp³-hybridized carbons (Fsp3) is 0.176. The van der Waals surface area contributed by atoms with Gasteiger partial charge in [-0.2, -0.15) is 0 Å². The van der Waals surface area contributed by atoms with E-state index < -0.39 is 30.1 Å². The number of hydrogen-bond acceptors (Lipinski definition) is 4. The van der Waals surface area contributed by atoms with E-state index in [-0.39, 0.29) is 12.1 Å². The Bertz CT molecular complexity index is 749. The summed E-state index contributed by atoms with van der Waals surface area (Å²) in [6, 6.07) is 9.64. The number of ether oxygens (including phenoxy) is 2. The summed E-state index contributed by atoms with van der Waals surface area (Å²) in [6.07, 6.45) is -0.0673. The summed E-state index contributed by atoms with van der Waals surface area (Å²) in [4.78, 5) is 23.4. The molecule has 0 bridgehead atoms. The van der Waals surface area contributed by atoms with Crippen molar-refractivity contribution in [2.24, 2.45) is 0 Å². The van der Waals surface area contributed by atoms with Crippen molar-refractivity contribution < 1.29 is 27.8 Å². The van der Waals surface area contributed by atoms with Crippen LogP contribution in [0.3, 0.4) is 0 Å². The fourth-order valence-electron chi connectivity index (χ4n) is 1.98. The zero-order chi connectivity index (χ0) is 17.5. The Balaban J connectivity index is 1.86. The van der Waals surface area contributed by atoms with E-state index in [2.05, 4.69) is 5.32 Å². The maximum Gasteiger partial charge on any atom is 0.310 e. The fourth-order valence-corrected chi connectivity index (χ4v) is 1.98. The third-order valence-electron chi connectivity index (χ3n) is 3.10. The molecule has 2 aromatic rings. The molecule has 0 unspecified atom stereocenters. The van der Waals surface area contributed by atoms with Gasteiger partial charge < -0.3 is 14.8 Å². The predicted molar refractivity (Wildman–Crippen MR) is 82.6 cm³/mol. The second-order valence-corrected chi connectivity index (χ2v) is 4.82. The monoisotopic (exact) mass is 335 g/mol. The van der Waals surface area contributed by atoms with Crippen molar-refractivity contribution in [3.05, 3.63) is 59.7 Å². The molecular formula is C17H15F2NO4. The van der Waals surface area contributed by atoms with Crippen LogP contribution in [-0.2, 0) is 20.7 Å². The van der Waals surface area contributed by atoms with E-state index in [0.29, 0.717) is 17.4 Å². The first-order chi connectivity index (χ1) is 11.5. The summed E-state index contributed by atoms with van der Waals surface area (Å²) in [5.41, 5.74) is 0.428. The van der Waals surface area contributed by atoms with Gasteiger partial charge in [-0.25, -0.2) is 8.78 Å². The summed E-state index contributed by atoms with van der Waals surface area (Å²) < 4.78 is 36.1. The predicted octanol–water partition coefficient (Wildman–Crippen LogP) is 2.70. The molecule has 0 aromatic heterocycles.